The van der Waals surface area contributed by atoms with Gasteiger partial charge in [-0.1, -0.05) is 12.1 Å². The molecule has 8 heteroatoms. The summed E-state index contributed by atoms with van der Waals surface area (Å²) < 4.78 is 17.1. The lowest BCUT2D eigenvalue weighted by atomic mass is 10.1. The number of carbonyl (C=O) groups excluding carboxylic acids is 2. The monoisotopic (exact) mass is 511 g/mol. The third-order valence-electron chi connectivity index (χ3n) is 4.11. The summed E-state index contributed by atoms with van der Waals surface area (Å²) in [6.07, 6.45) is 1.66. The number of imide groups is 1. The first-order valence-corrected chi connectivity index (χ1v) is 10.2. The maximum atomic E-state index is 12.8. The van der Waals surface area contributed by atoms with Gasteiger partial charge in [0.2, 0.25) is 5.75 Å². The molecule has 3 rings (SSSR count). The van der Waals surface area contributed by atoms with Gasteiger partial charge in [-0.2, -0.15) is 0 Å². The minimum Gasteiger partial charge on any atom is -0.493 e. The van der Waals surface area contributed by atoms with Crippen molar-refractivity contribution in [2.75, 3.05) is 21.3 Å². The standard InChI is InChI=1S/C20H18INO5S/c1-25-15-8-13(9-16(26-2)18(15)27-3)10-17-19(23)22(20(24)28-17)11-12-4-6-14(21)7-5-12/h4-10H,11H2,1-3H3/b17-10-. The van der Waals surface area contributed by atoms with Crippen LogP contribution in [0.2, 0.25) is 0 Å². The highest BCUT2D eigenvalue weighted by molar-refractivity contribution is 14.1. The zero-order valence-electron chi connectivity index (χ0n) is 15.5. The minimum atomic E-state index is -0.317. The van der Waals surface area contributed by atoms with Gasteiger partial charge in [0.05, 0.1) is 32.8 Å². The highest BCUT2D eigenvalue weighted by Crippen LogP contribution is 2.40. The van der Waals surface area contributed by atoms with E-state index in [9.17, 15) is 9.59 Å². The topological polar surface area (TPSA) is 65.1 Å². The van der Waals surface area contributed by atoms with Crippen LogP contribution in [-0.2, 0) is 11.3 Å². The quantitative estimate of drug-likeness (QED) is 0.419. The summed E-state index contributed by atoms with van der Waals surface area (Å²) in [4.78, 5) is 26.7. The molecule has 146 valence electrons. The second-order valence-corrected chi connectivity index (χ2v) is 8.09. The van der Waals surface area contributed by atoms with Crippen LogP contribution < -0.4 is 14.2 Å². The molecular weight excluding hydrogens is 493 g/mol. The molecule has 0 spiro atoms. The fourth-order valence-electron chi connectivity index (χ4n) is 2.74. The zero-order valence-corrected chi connectivity index (χ0v) is 18.5. The van der Waals surface area contributed by atoms with Gasteiger partial charge in [-0.3, -0.25) is 14.5 Å². The molecular formula is C20H18INO5S. The van der Waals surface area contributed by atoms with E-state index in [-0.39, 0.29) is 17.7 Å². The molecule has 28 heavy (non-hydrogen) atoms. The number of thioether (sulfide) groups is 1. The molecule has 0 atom stereocenters. The van der Waals surface area contributed by atoms with Gasteiger partial charge in [-0.15, -0.1) is 0 Å². The second-order valence-electron chi connectivity index (χ2n) is 5.85. The van der Waals surface area contributed by atoms with Crippen molar-refractivity contribution in [3.8, 4) is 17.2 Å². The van der Waals surface area contributed by atoms with Crippen LogP contribution >= 0.6 is 34.4 Å². The van der Waals surface area contributed by atoms with Crippen LogP contribution in [0.25, 0.3) is 6.08 Å². The van der Waals surface area contributed by atoms with Crippen LogP contribution in [-0.4, -0.2) is 37.4 Å². The summed E-state index contributed by atoms with van der Waals surface area (Å²) in [5.41, 5.74) is 1.58. The lowest BCUT2D eigenvalue weighted by Gasteiger charge is -2.13. The molecule has 1 aliphatic rings. The third kappa shape index (κ3) is 4.27. The fraction of sp³-hybridized carbons (Fsp3) is 0.200. The van der Waals surface area contributed by atoms with Gasteiger partial charge in [-0.25, -0.2) is 0 Å². The van der Waals surface area contributed by atoms with Crippen LogP contribution in [0.4, 0.5) is 4.79 Å². The molecule has 2 amide bonds. The summed E-state index contributed by atoms with van der Waals surface area (Å²) in [5, 5.41) is -0.290. The van der Waals surface area contributed by atoms with E-state index in [1.54, 1.807) is 18.2 Å². The Kier molecular flexibility index (Phi) is 6.50. The van der Waals surface area contributed by atoms with Gasteiger partial charge < -0.3 is 14.2 Å². The molecule has 1 fully saturated rings. The van der Waals surface area contributed by atoms with Crippen molar-refractivity contribution in [1.82, 2.24) is 4.90 Å². The first kappa shape index (κ1) is 20.5. The van der Waals surface area contributed by atoms with Crippen LogP contribution in [0, 0.1) is 3.57 Å². The van der Waals surface area contributed by atoms with Crippen LogP contribution in [0.5, 0.6) is 17.2 Å². The van der Waals surface area contributed by atoms with Crippen LogP contribution in [0.1, 0.15) is 11.1 Å². The van der Waals surface area contributed by atoms with Crippen molar-refractivity contribution < 1.29 is 23.8 Å². The van der Waals surface area contributed by atoms with Crippen molar-refractivity contribution in [3.63, 3.8) is 0 Å². The minimum absolute atomic E-state index is 0.244. The number of ether oxygens (including phenoxy) is 3. The number of rotatable bonds is 6. The van der Waals surface area contributed by atoms with E-state index in [0.29, 0.717) is 27.7 Å². The molecule has 0 radical (unpaired) electrons. The second kappa shape index (κ2) is 8.87. The predicted octanol–water partition coefficient (Wildman–Crippen LogP) is 4.55. The molecule has 2 aromatic rings. The molecule has 0 aliphatic carbocycles. The number of benzene rings is 2. The van der Waals surface area contributed by atoms with Gasteiger partial charge in [0.15, 0.2) is 11.5 Å². The average Bonchev–Trinajstić information content (AvgIpc) is 2.96. The van der Waals surface area contributed by atoms with Gasteiger partial charge in [0, 0.05) is 3.57 Å². The Balaban J connectivity index is 1.88. The van der Waals surface area contributed by atoms with Gasteiger partial charge in [0.1, 0.15) is 0 Å². The highest BCUT2D eigenvalue weighted by atomic mass is 127. The molecule has 0 bridgehead atoms. The van der Waals surface area contributed by atoms with E-state index in [4.69, 9.17) is 14.2 Å². The van der Waals surface area contributed by atoms with E-state index in [1.807, 2.05) is 24.3 Å². The normalized spacial score (nSPS) is 15.3. The van der Waals surface area contributed by atoms with Crippen molar-refractivity contribution >= 4 is 51.6 Å². The number of hydrogen-bond donors (Lipinski definition) is 0. The van der Waals surface area contributed by atoms with E-state index in [2.05, 4.69) is 22.6 Å². The molecule has 2 aromatic carbocycles. The van der Waals surface area contributed by atoms with E-state index in [1.165, 1.54) is 26.2 Å². The van der Waals surface area contributed by atoms with E-state index in [0.717, 1.165) is 20.9 Å². The maximum Gasteiger partial charge on any atom is 0.293 e. The highest BCUT2D eigenvalue weighted by Gasteiger charge is 2.35. The molecule has 1 aliphatic heterocycles. The van der Waals surface area contributed by atoms with Crippen molar-refractivity contribution in [3.05, 3.63) is 56.0 Å². The molecule has 0 saturated carbocycles. The molecule has 0 N–H and O–H groups in total. The molecule has 1 heterocycles. The zero-order chi connectivity index (χ0) is 20.3. The Labute approximate surface area is 181 Å². The first-order valence-electron chi connectivity index (χ1n) is 8.26. The SMILES string of the molecule is COc1cc(/C=C2\SC(=O)N(Cc3ccc(I)cc3)C2=O)cc(OC)c1OC. The van der Waals surface area contributed by atoms with Crippen molar-refractivity contribution in [2.24, 2.45) is 0 Å². The van der Waals surface area contributed by atoms with E-state index < -0.39 is 0 Å². The Morgan fingerprint density at radius 1 is 1.00 bits per heavy atom. The number of halogens is 1. The van der Waals surface area contributed by atoms with E-state index >= 15 is 0 Å². The molecule has 0 unspecified atom stereocenters. The Hall–Kier alpha value is -2.20. The Morgan fingerprint density at radius 3 is 2.14 bits per heavy atom. The van der Waals surface area contributed by atoms with Gasteiger partial charge >= 0.3 is 0 Å². The number of carbonyl (C=O) groups is 2. The lowest BCUT2D eigenvalue weighted by Crippen LogP contribution is -2.27. The lowest BCUT2D eigenvalue weighted by molar-refractivity contribution is -0.123. The predicted molar refractivity (Wildman–Crippen MR) is 117 cm³/mol. The smallest absolute Gasteiger partial charge is 0.293 e. The Bertz CT molecular complexity index is 917. The number of methoxy groups -OCH3 is 3. The largest absolute Gasteiger partial charge is 0.493 e. The van der Waals surface area contributed by atoms with Crippen molar-refractivity contribution in [2.45, 2.75) is 6.54 Å². The van der Waals surface area contributed by atoms with Gasteiger partial charge in [0.25, 0.3) is 11.1 Å². The number of nitrogens with zero attached hydrogens (tertiary/aromatic N) is 1. The molecule has 0 aromatic heterocycles. The third-order valence-corrected chi connectivity index (χ3v) is 5.74. The molecule has 6 nitrogen and oxygen atoms in total. The average molecular weight is 511 g/mol. The van der Waals surface area contributed by atoms with Crippen LogP contribution in [0.15, 0.2) is 41.3 Å². The van der Waals surface area contributed by atoms with Crippen LogP contribution in [0.3, 0.4) is 0 Å². The summed E-state index contributed by atoms with van der Waals surface area (Å²) >= 11 is 3.13. The maximum absolute atomic E-state index is 12.8. The summed E-state index contributed by atoms with van der Waals surface area (Å²) in [5.74, 6) is 1.11. The summed E-state index contributed by atoms with van der Waals surface area (Å²) in [6, 6.07) is 11.2. The first-order chi connectivity index (χ1) is 13.5. The molecule has 1 saturated heterocycles. The van der Waals surface area contributed by atoms with Gasteiger partial charge in [-0.05, 0) is 75.8 Å². The fourth-order valence-corrected chi connectivity index (χ4v) is 3.94. The summed E-state index contributed by atoms with van der Waals surface area (Å²) in [7, 11) is 4.57. The number of amides is 2. The summed E-state index contributed by atoms with van der Waals surface area (Å²) in [6.45, 7) is 0.244. The number of hydrogen-bond acceptors (Lipinski definition) is 6. The Morgan fingerprint density at radius 2 is 1.61 bits per heavy atom. The van der Waals surface area contributed by atoms with Crippen molar-refractivity contribution in [1.29, 1.82) is 0 Å².